The first kappa shape index (κ1) is 19.5. The maximum absolute atomic E-state index is 13.2. The smallest absolute Gasteiger partial charge is 0.266 e. The molecule has 1 N–H and O–H groups in total. The van der Waals surface area contributed by atoms with Crippen molar-refractivity contribution in [1.82, 2.24) is 14.9 Å². The van der Waals surface area contributed by atoms with E-state index in [2.05, 4.69) is 15.3 Å². The third-order valence-corrected chi connectivity index (χ3v) is 6.61. The average molecular weight is 409 g/mol. The van der Waals surface area contributed by atoms with E-state index in [1.165, 1.54) is 11.3 Å². The van der Waals surface area contributed by atoms with Crippen LogP contribution < -0.4 is 5.32 Å². The van der Waals surface area contributed by atoms with Crippen molar-refractivity contribution in [2.75, 3.05) is 18.4 Å². The second-order valence-electron chi connectivity index (χ2n) is 7.54. The first-order valence-corrected chi connectivity index (χ1v) is 10.6. The van der Waals surface area contributed by atoms with Crippen LogP contribution in [0.15, 0.2) is 18.2 Å². The number of rotatable bonds is 3. The number of fused-ring (bicyclic) bond motifs is 1. The van der Waals surface area contributed by atoms with Gasteiger partial charge in [-0.2, -0.15) is 0 Å². The second-order valence-corrected chi connectivity index (χ2v) is 8.54. The normalized spacial score (nSPS) is 13.9. The van der Waals surface area contributed by atoms with Gasteiger partial charge in [-0.3, -0.25) is 9.59 Å². The molecule has 0 bridgehead atoms. The van der Waals surface area contributed by atoms with Gasteiger partial charge in [0.1, 0.15) is 10.7 Å². The van der Waals surface area contributed by atoms with Crippen LogP contribution >= 0.6 is 11.3 Å². The molecule has 4 rings (SSSR count). The lowest BCUT2D eigenvalue weighted by Gasteiger charge is -2.19. The number of anilines is 1. The molecule has 2 aromatic heterocycles. The monoisotopic (exact) mass is 408 g/mol. The van der Waals surface area contributed by atoms with Gasteiger partial charge in [-0.25, -0.2) is 9.97 Å². The van der Waals surface area contributed by atoms with E-state index in [0.29, 0.717) is 22.0 Å². The molecular weight excluding hydrogens is 384 g/mol. The van der Waals surface area contributed by atoms with Crippen LogP contribution in [0, 0.1) is 27.7 Å². The van der Waals surface area contributed by atoms with Crippen LogP contribution in [0.1, 0.15) is 55.5 Å². The van der Waals surface area contributed by atoms with Crippen LogP contribution in [0.2, 0.25) is 0 Å². The summed E-state index contributed by atoms with van der Waals surface area (Å²) in [6.45, 7) is 9.16. The van der Waals surface area contributed by atoms with Crippen molar-refractivity contribution in [3.8, 4) is 0 Å². The van der Waals surface area contributed by atoms with Gasteiger partial charge in [-0.15, -0.1) is 11.3 Å². The van der Waals surface area contributed by atoms with E-state index in [0.717, 1.165) is 53.0 Å². The molecule has 0 aliphatic carbocycles. The van der Waals surface area contributed by atoms with Gasteiger partial charge in [-0.05, 0) is 57.7 Å². The van der Waals surface area contributed by atoms with Crippen molar-refractivity contribution in [1.29, 1.82) is 0 Å². The molecule has 3 heterocycles. The number of carbonyl (C=O) groups is 2. The molecule has 1 aromatic carbocycles. The molecule has 0 radical (unpaired) electrons. The first-order chi connectivity index (χ1) is 13.9. The minimum Gasteiger partial charge on any atom is -0.339 e. The standard InChI is InChI=1S/C22H24N4O2S/c1-12-8-7-9-16(22(28)26-10-5-6-11-26)18(12)25-20(27)19-13(2)17-14(3)23-15(4)24-21(17)29-19/h7-9H,5-6,10-11H2,1-4H3,(H,25,27). The lowest BCUT2D eigenvalue weighted by Crippen LogP contribution is -2.29. The van der Waals surface area contributed by atoms with Crippen LogP contribution in [-0.4, -0.2) is 39.8 Å². The van der Waals surface area contributed by atoms with Gasteiger partial charge < -0.3 is 10.2 Å². The average Bonchev–Trinajstić information content (AvgIpc) is 3.31. The topological polar surface area (TPSA) is 75.2 Å². The molecule has 6 nitrogen and oxygen atoms in total. The summed E-state index contributed by atoms with van der Waals surface area (Å²) in [6, 6.07) is 5.56. The third-order valence-electron chi connectivity index (χ3n) is 5.42. The molecule has 0 saturated carbocycles. The molecule has 3 aromatic rings. The molecule has 1 saturated heterocycles. The number of likely N-dealkylation sites (tertiary alicyclic amines) is 1. The predicted molar refractivity (Wildman–Crippen MR) is 116 cm³/mol. The Balaban J connectivity index is 1.71. The van der Waals surface area contributed by atoms with Gasteiger partial charge >= 0.3 is 0 Å². The summed E-state index contributed by atoms with van der Waals surface area (Å²) < 4.78 is 0. The Morgan fingerprint density at radius 2 is 1.79 bits per heavy atom. The van der Waals surface area contributed by atoms with Crippen LogP contribution in [0.3, 0.4) is 0 Å². The van der Waals surface area contributed by atoms with Gasteiger partial charge in [0, 0.05) is 24.2 Å². The molecule has 150 valence electrons. The van der Waals surface area contributed by atoms with Crippen LogP contribution in [0.5, 0.6) is 0 Å². The lowest BCUT2D eigenvalue weighted by atomic mass is 10.1. The SMILES string of the molecule is Cc1nc(C)c2c(C)c(C(=O)Nc3c(C)cccc3C(=O)N3CCCC3)sc2n1. The van der Waals surface area contributed by atoms with E-state index >= 15 is 0 Å². The minimum absolute atomic E-state index is 0.0214. The number of thiophene rings is 1. The number of aryl methyl sites for hydroxylation is 4. The summed E-state index contributed by atoms with van der Waals surface area (Å²) in [7, 11) is 0. The minimum atomic E-state index is -0.215. The Kier molecular flexibility index (Phi) is 5.08. The zero-order chi connectivity index (χ0) is 20.7. The summed E-state index contributed by atoms with van der Waals surface area (Å²) >= 11 is 1.37. The number of amides is 2. The Labute approximate surface area is 174 Å². The van der Waals surface area contributed by atoms with E-state index in [1.807, 2.05) is 44.7 Å². The van der Waals surface area contributed by atoms with E-state index in [-0.39, 0.29) is 11.8 Å². The molecule has 0 unspecified atom stereocenters. The summed E-state index contributed by atoms with van der Waals surface area (Å²) in [4.78, 5) is 38.4. The number of nitrogens with zero attached hydrogens (tertiary/aromatic N) is 3. The fourth-order valence-electron chi connectivity index (χ4n) is 3.96. The maximum atomic E-state index is 13.2. The van der Waals surface area contributed by atoms with Crippen molar-refractivity contribution in [2.24, 2.45) is 0 Å². The van der Waals surface area contributed by atoms with E-state index in [9.17, 15) is 9.59 Å². The van der Waals surface area contributed by atoms with Crippen molar-refractivity contribution in [2.45, 2.75) is 40.5 Å². The van der Waals surface area contributed by atoms with Crippen LogP contribution in [0.25, 0.3) is 10.2 Å². The Bertz CT molecular complexity index is 1130. The Morgan fingerprint density at radius 1 is 1.07 bits per heavy atom. The highest BCUT2D eigenvalue weighted by Gasteiger charge is 2.25. The highest BCUT2D eigenvalue weighted by Crippen LogP contribution is 2.32. The lowest BCUT2D eigenvalue weighted by molar-refractivity contribution is 0.0794. The summed E-state index contributed by atoms with van der Waals surface area (Å²) in [5.74, 6) is 0.458. The molecular formula is C22H24N4O2S. The van der Waals surface area contributed by atoms with Gasteiger partial charge in [0.2, 0.25) is 0 Å². The molecule has 1 aliphatic rings. The summed E-state index contributed by atoms with van der Waals surface area (Å²) in [6.07, 6.45) is 2.06. The molecule has 1 aliphatic heterocycles. The van der Waals surface area contributed by atoms with Gasteiger partial charge in [0.25, 0.3) is 11.8 Å². The van der Waals surface area contributed by atoms with Crippen molar-refractivity contribution < 1.29 is 9.59 Å². The number of aromatic nitrogens is 2. The Morgan fingerprint density at radius 3 is 2.52 bits per heavy atom. The number of nitrogens with one attached hydrogen (secondary N) is 1. The Hall–Kier alpha value is -2.80. The molecule has 29 heavy (non-hydrogen) atoms. The van der Waals surface area contributed by atoms with E-state index in [1.54, 1.807) is 6.07 Å². The maximum Gasteiger partial charge on any atom is 0.266 e. The number of hydrogen-bond donors (Lipinski definition) is 1. The zero-order valence-corrected chi connectivity index (χ0v) is 17.9. The highest BCUT2D eigenvalue weighted by molar-refractivity contribution is 7.20. The number of benzene rings is 1. The fraction of sp³-hybridized carbons (Fsp3) is 0.364. The largest absolute Gasteiger partial charge is 0.339 e. The number of hydrogen-bond acceptors (Lipinski definition) is 5. The first-order valence-electron chi connectivity index (χ1n) is 9.81. The van der Waals surface area contributed by atoms with Crippen molar-refractivity contribution >= 4 is 39.1 Å². The van der Waals surface area contributed by atoms with Crippen LogP contribution in [-0.2, 0) is 0 Å². The van der Waals surface area contributed by atoms with Gasteiger partial charge in [-0.1, -0.05) is 12.1 Å². The molecule has 1 fully saturated rings. The zero-order valence-electron chi connectivity index (χ0n) is 17.1. The fourth-order valence-corrected chi connectivity index (χ4v) is 5.14. The second kappa shape index (κ2) is 7.55. The van der Waals surface area contributed by atoms with E-state index < -0.39 is 0 Å². The van der Waals surface area contributed by atoms with Crippen molar-refractivity contribution in [3.63, 3.8) is 0 Å². The summed E-state index contributed by atoms with van der Waals surface area (Å²) in [5, 5.41) is 3.95. The highest BCUT2D eigenvalue weighted by atomic mass is 32.1. The van der Waals surface area contributed by atoms with Gasteiger partial charge in [0.15, 0.2) is 0 Å². The molecule has 0 atom stereocenters. The quantitative estimate of drug-likeness (QED) is 0.696. The number of para-hydroxylation sites is 1. The number of carbonyl (C=O) groups excluding carboxylic acids is 2. The van der Waals surface area contributed by atoms with Crippen molar-refractivity contribution in [3.05, 3.63) is 51.3 Å². The molecule has 2 amide bonds. The van der Waals surface area contributed by atoms with E-state index in [4.69, 9.17) is 0 Å². The third kappa shape index (κ3) is 3.51. The summed E-state index contributed by atoms with van der Waals surface area (Å²) in [5.41, 5.74) is 3.76. The molecule has 7 heteroatoms. The van der Waals surface area contributed by atoms with Gasteiger partial charge in [0.05, 0.1) is 16.1 Å². The van der Waals surface area contributed by atoms with Crippen LogP contribution in [0.4, 0.5) is 5.69 Å². The predicted octanol–water partition coefficient (Wildman–Crippen LogP) is 4.41. The molecule has 0 spiro atoms.